The molecule has 42 heavy (non-hydrogen) atoms. The molecule has 3 aromatic rings. The molecule has 0 saturated carbocycles. The molecule has 1 aromatic heterocycles. The number of carbonyl (C=O) groups excluding carboxylic acids is 2. The van der Waals surface area contributed by atoms with Crippen molar-refractivity contribution in [3.05, 3.63) is 82.1 Å². The van der Waals surface area contributed by atoms with E-state index in [1.165, 1.54) is 43.5 Å². The van der Waals surface area contributed by atoms with Crippen molar-refractivity contribution in [2.24, 2.45) is 5.41 Å². The fourth-order valence-electron chi connectivity index (χ4n) is 6.12. The average molecular weight is 599 g/mol. The van der Waals surface area contributed by atoms with Crippen LogP contribution in [0.2, 0.25) is 5.02 Å². The molecule has 4 atom stereocenters. The van der Waals surface area contributed by atoms with Gasteiger partial charge in [-0.2, -0.15) is 0 Å². The summed E-state index contributed by atoms with van der Waals surface area (Å²) in [6.45, 7) is 5.89. The Hall–Kier alpha value is -4.09. The molecule has 0 aliphatic carbocycles. The van der Waals surface area contributed by atoms with E-state index in [1.807, 2.05) is 20.8 Å². The monoisotopic (exact) mass is 598 g/mol. The van der Waals surface area contributed by atoms with E-state index < -0.39 is 52.8 Å². The number of fused-ring (bicyclic) bond motifs is 2. The molecule has 12 heteroatoms. The summed E-state index contributed by atoms with van der Waals surface area (Å²) in [6.07, 6.45) is 1.35. The Labute approximate surface area is 245 Å². The normalized spacial score (nSPS) is 23.0. The van der Waals surface area contributed by atoms with Crippen LogP contribution >= 0.6 is 11.6 Å². The number of ether oxygens (including phenoxy) is 1. The molecular weight excluding hydrogens is 570 g/mol. The van der Waals surface area contributed by atoms with E-state index in [2.05, 4.69) is 20.9 Å². The molecule has 0 bridgehead atoms. The smallest absolute Gasteiger partial charge is 0.335 e. The first-order valence-corrected chi connectivity index (χ1v) is 13.6. The van der Waals surface area contributed by atoms with Crippen LogP contribution in [-0.4, -0.2) is 47.1 Å². The van der Waals surface area contributed by atoms with Crippen LogP contribution in [0.25, 0.3) is 0 Å². The lowest BCUT2D eigenvalue weighted by atomic mass is 9.64. The zero-order valence-electron chi connectivity index (χ0n) is 23.2. The number of carboxylic acid groups (broad SMARTS) is 1. The van der Waals surface area contributed by atoms with Crippen LogP contribution in [-0.2, 0) is 15.0 Å². The number of rotatable bonds is 6. The van der Waals surface area contributed by atoms with Gasteiger partial charge in [-0.25, -0.2) is 13.6 Å². The number of aromatic nitrogens is 1. The van der Waals surface area contributed by atoms with Crippen molar-refractivity contribution < 1.29 is 33.0 Å². The third kappa shape index (κ3) is 4.86. The Balaban J connectivity index is 1.70. The van der Waals surface area contributed by atoms with Gasteiger partial charge in [-0.05, 0) is 41.7 Å². The molecule has 2 amide bonds. The van der Waals surface area contributed by atoms with Gasteiger partial charge in [0.05, 0.1) is 47.0 Å². The number of hydrogen-bond acceptors (Lipinski definition) is 6. The zero-order valence-corrected chi connectivity index (χ0v) is 24.0. The van der Waals surface area contributed by atoms with Crippen LogP contribution in [0.15, 0.2) is 48.7 Å². The minimum Gasteiger partial charge on any atom is -0.495 e. The highest BCUT2D eigenvalue weighted by atomic mass is 35.5. The average Bonchev–Trinajstić information content (AvgIpc) is 3.39. The van der Waals surface area contributed by atoms with E-state index in [-0.39, 0.29) is 44.4 Å². The number of carboxylic acids is 1. The lowest BCUT2D eigenvalue weighted by Gasteiger charge is -2.36. The van der Waals surface area contributed by atoms with Gasteiger partial charge in [0, 0.05) is 18.0 Å². The standard InChI is InChI=1S/C30H29ClF2N4O5/c1-29(2,3)12-21-30(25-19(36-28(30)41)11-15(32)13-34-25)22(16-6-5-7-17(31)23(16)33)24(37-21)26(38)35-18-9-8-14(27(39)40)10-20(18)42-4/h5-11,13,21-22,24,37H,12H2,1-4H3,(H,35,38)(H,36,41)(H,39,40)/t21-,22-,24+,30+/m0/s1. The summed E-state index contributed by atoms with van der Waals surface area (Å²) in [7, 11) is 1.33. The van der Waals surface area contributed by atoms with E-state index in [1.54, 1.807) is 0 Å². The first kappa shape index (κ1) is 29.4. The number of aromatic carboxylic acids is 1. The molecule has 2 aliphatic heterocycles. The van der Waals surface area contributed by atoms with Crippen LogP contribution in [0.5, 0.6) is 5.75 Å². The van der Waals surface area contributed by atoms with Crippen LogP contribution in [0.3, 0.4) is 0 Å². The van der Waals surface area contributed by atoms with E-state index in [4.69, 9.17) is 16.3 Å². The topological polar surface area (TPSA) is 130 Å². The molecule has 2 aliphatic rings. The third-order valence-corrected chi connectivity index (χ3v) is 8.04. The SMILES string of the molecule is COc1cc(C(=O)O)ccc1NC(=O)[C@@H]1N[C@@H](CC(C)(C)C)[C@@]2(C(=O)Nc3cc(F)cnc32)[C@H]1c1cccc(Cl)c1F. The van der Waals surface area contributed by atoms with Gasteiger partial charge in [0.15, 0.2) is 0 Å². The van der Waals surface area contributed by atoms with E-state index >= 15 is 4.39 Å². The summed E-state index contributed by atoms with van der Waals surface area (Å²) < 4.78 is 35.4. The molecule has 1 saturated heterocycles. The largest absolute Gasteiger partial charge is 0.495 e. The second-order valence-electron chi connectivity index (χ2n) is 11.7. The summed E-state index contributed by atoms with van der Waals surface area (Å²) in [5.41, 5.74) is -1.53. The molecular formula is C30H29ClF2N4O5. The van der Waals surface area contributed by atoms with Crippen molar-refractivity contribution in [2.45, 2.75) is 50.6 Å². The van der Waals surface area contributed by atoms with Crippen LogP contribution in [0.1, 0.15) is 54.7 Å². The number of nitrogens with zero attached hydrogens (tertiary/aromatic N) is 1. The Morgan fingerprint density at radius 3 is 2.60 bits per heavy atom. The van der Waals surface area contributed by atoms with Crippen molar-refractivity contribution in [2.75, 3.05) is 17.7 Å². The number of methoxy groups -OCH3 is 1. The van der Waals surface area contributed by atoms with Crippen LogP contribution in [0, 0.1) is 17.0 Å². The maximum absolute atomic E-state index is 15.8. The second kappa shape index (κ2) is 10.6. The molecule has 1 spiro atoms. The molecule has 4 N–H and O–H groups in total. The number of pyridine rings is 1. The molecule has 9 nitrogen and oxygen atoms in total. The predicted molar refractivity (Wildman–Crippen MR) is 152 cm³/mol. The fourth-order valence-corrected chi connectivity index (χ4v) is 6.30. The van der Waals surface area contributed by atoms with Gasteiger partial charge in [-0.3, -0.25) is 14.6 Å². The molecule has 1 fully saturated rings. The predicted octanol–water partition coefficient (Wildman–Crippen LogP) is 5.11. The maximum atomic E-state index is 15.8. The highest BCUT2D eigenvalue weighted by molar-refractivity contribution is 6.30. The number of anilines is 2. The van der Waals surface area contributed by atoms with Crippen LogP contribution in [0.4, 0.5) is 20.2 Å². The quantitative estimate of drug-likeness (QED) is 0.310. The molecule has 220 valence electrons. The van der Waals surface area contributed by atoms with Gasteiger partial charge in [0.25, 0.3) is 0 Å². The Morgan fingerprint density at radius 1 is 1.19 bits per heavy atom. The highest BCUT2D eigenvalue weighted by Gasteiger charge is 2.67. The minimum atomic E-state index is -1.62. The first-order chi connectivity index (χ1) is 19.8. The van der Waals surface area contributed by atoms with Crippen molar-refractivity contribution >= 4 is 40.8 Å². The molecule has 5 rings (SSSR count). The fraction of sp³-hybridized carbons (Fsp3) is 0.333. The number of nitrogens with one attached hydrogen (secondary N) is 3. The molecule has 3 heterocycles. The number of halogens is 3. The van der Waals surface area contributed by atoms with Gasteiger partial charge >= 0.3 is 5.97 Å². The Kier molecular flexibility index (Phi) is 7.44. The maximum Gasteiger partial charge on any atom is 0.335 e. The molecule has 0 radical (unpaired) electrons. The Morgan fingerprint density at radius 2 is 1.93 bits per heavy atom. The second-order valence-corrected chi connectivity index (χ2v) is 12.1. The van der Waals surface area contributed by atoms with Crippen molar-refractivity contribution in [3.8, 4) is 5.75 Å². The van der Waals surface area contributed by atoms with Crippen molar-refractivity contribution in [1.82, 2.24) is 10.3 Å². The number of hydrogen-bond donors (Lipinski definition) is 4. The molecule has 0 unspecified atom stereocenters. The van der Waals surface area contributed by atoms with E-state index in [9.17, 15) is 23.9 Å². The third-order valence-electron chi connectivity index (χ3n) is 7.75. The number of carbonyl (C=O) groups is 3. The van der Waals surface area contributed by atoms with Crippen molar-refractivity contribution in [1.29, 1.82) is 0 Å². The van der Waals surface area contributed by atoms with Crippen molar-refractivity contribution in [3.63, 3.8) is 0 Å². The zero-order chi connectivity index (χ0) is 30.6. The van der Waals surface area contributed by atoms with Gasteiger partial charge in [0.2, 0.25) is 11.8 Å². The number of benzene rings is 2. The van der Waals surface area contributed by atoms with Gasteiger partial charge in [0.1, 0.15) is 22.8 Å². The summed E-state index contributed by atoms with van der Waals surface area (Å²) in [5, 5.41) is 17.9. The highest BCUT2D eigenvalue weighted by Crippen LogP contribution is 2.56. The summed E-state index contributed by atoms with van der Waals surface area (Å²) in [4.78, 5) is 44.0. The summed E-state index contributed by atoms with van der Waals surface area (Å²) in [6, 6.07) is 7.50. The lowest BCUT2D eigenvalue weighted by molar-refractivity contribution is -0.122. The lowest BCUT2D eigenvalue weighted by Crippen LogP contribution is -2.50. The van der Waals surface area contributed by atoms with Gasteiger partial charge < -0.3 is 25.8 Å². The first-order valence-electron chi connectivity index (χ1n) is 13.2. The number of amides is 2. The summed E-state index contributed by atoms with van der Waals surface area (Å²) in [5.74, 6) is -4.92. The summed E-state index contributed by atoms with van der Waals surface area (Å²) >= 11 is 6.20. The minimum absolute atomic E-state index is 0.00822. The van der Waals surface area contributed by atoms with Crippen LogP contribution < -0.4 is 20.7 Å². The Bertz CT molecular complexity index is 1610. The molecule has 2 aromatic carbocycles. The van der Waals surface area contributed by atoms with Gasteiger partial charge in [-0.15, -0.1) is 0 Å². The van der Waals surface area contributed by atoms with Gasteiger partial charge in [-0.1, -0.05) is 44.5 Å². The van der Waals surface area contributed by atoms with E-state index in [0.29, 0.717) is 6.42 Å². The van der Waals surface area contributed by atoms with E-state index in [0.717, 1.165) is 12.3 Å².